The summed E-state index contributed by atoms with van der Waals surface area (Å²) in [4.78, 5) is 10.5. The van der Waals surface area contributed by atoms with Crippen LogP contribution in [0.3, 0.4) is 0 Å². The van der Waals surface area contributed by atoms with E-state index in [1.165, 1.54) is 6.42 Å². The summed E-state index contributed by atoms with van der Waals surface area (Å²) in [5, 5.41) is 4.36. The lowest BCUT2D eigenvalue weighted by Gasteiger charge is -2.16. The topological polar surface area (TPSA) is 67.5 Å². The lowest BCUT2D eigenvalue weighted by atomic mass is 9.94. The Bertz CT molecular complexity index is 357. The number of carbonyl (C=O) groups excluding carboxylic acids is 1. The number of nitrogens with two attached hydrogens (primary N) is 1. The summed E-state index contributed by atoms with van der Waals surface area (Å²) < 4.78 is 0. The highest BCUT2D eigenvalue weighted by atomic mass is 35.5. The Morgan fingerprint density at radius 3 is 2.60 bits per heavy atom. The van der Waals surface area contributed by atoms with Gasteiger partial charge in [-0.15, -0.1) is 11.6 Å². The predicted molar refractivity (Wildman–Crippen MR) is 57.5 cm³/mol. The van der Waals surface area contributed by atoms with Crippen molar-refractivity contribution in [1.82, 2.24) is 5.43 Å². The lowest BCUT2D eigenvalue weighted by Crippen LogP contribution is -2.28. The summed E-state index contributed by atoms with van der Waals surface area (Å²) in [6.07, 6.45) is 1.25. The number of halogens is 1. The van der Waals surface area contributed by atoms with Crippen LogP contribution in [0, 0.1) is 29.6 Å². The first-order chi connectivity index (χ1) is 7.11. The van der Waals surface area contributed by atoms with E-state index in [0.717, 1.165) is 23.5 Å². The largest absolute Gasteiger partial charge is 0.350 e. The Kier molecular flexibility index (Phi) is 1.81. The molecule has 15 heavy (non-hydrogen) atoms. The quantitative estimate of drug-likeness (QED) is 0.415. The molecule has 4 rings (SSSR count). The van der Waals surface area contributed by atoms with Crippen molar-refractivity contribution in [3.05, 3.63) is 0 Å². The number of urea groups is 1. The molecule has 5 heteroatoms. The summed E-state index contributed by atoms with van der Waals surface area (Å²) in [6, 6.07) is -0.602. The number of amides is 2. The van der Waals surface area contributed by atoms with Crippen LogP contribution in [-0.4, -0.2) is 17.1 Å². The first-order valence-corrected chi connectivity index (χ1v) is 5.78. The number of hydrogen-bond acceptors (Lipinski definition) is 2. The highest BCUT2D eigenvalue weighted by molar-refractivity contribution is 6.22. The van der Waals surface area contributed by atoms with Crippen molar-refractivity contribution in [3.63, 3.8) is 0 Å². The van der Waals surface area contributed by atoms with Crippen molar-refractivity contribution in [1.29, 1.82) is 0 Å². The predicted octanol–water partition coefficient (Wildman–Crippen LogP) is 1.15. The van der Waals surface area contributed by atoms with Crippen LogP contribution in [0.5, 0.6) is 0 Å². The van der Waals surface area contributed by atoms with Crippen LogP contribution >= 0.6 is 11.6 Å². The molecule has 2 amide bonds. The molecule has 82 valence electrons. The van der Waals surface area contributed by atoms with Crippen LogP contribution in [-0.2, 0) is 0 Å². The fourth-order valence-corrected chi connectivity index (χ4v) is 4.48. The molecule has 4 saturated carbocycles. The first-order valence-electron chi connectivity index (χ1n) is 5.35. The summed E-state index contributed by atoms with van der Waals surface area (Å²) in [5.74, 6) is 3.34. The van der Waals surface area contributed by atoms with Gasteiger partial charge in [0.25, 0.3) is 0 Å². The summed E-state index contributed by atoms with van der Waals surface area (Å²) >= 11 is 6.33. The summed E-state index contributed by atoms with van der Waals surface area (Å²) in [6.45, 7) is 1.96. The maximum absolute atomic E-state index is 10.5. The van der Waals surface area contributed by atoms with Crippen molar-refractivity contribution in [3.8, 4) is 0 Å². The molecule has 6 atom stereocenters. The minimum Gasteiger partial charge on any atom is -0.350 e. The average molecular weight is 228 g/mol. The second kappa shape index (κ2) is 2.88. The summed E-state index contributed by atoms with van der Waals surface area (Å²) in [5.41, 5.74) is 8.26. The molecule has 4 bridgehead atoms. The molecular weight excluding hydrogens is 214 g/mol. The number of nitrogens with zero attached hydrogens (tertiary/aromatic N) is 1. The van der Waals surface area contributed by atoms with E-state index in [1.807, 2.05) is 6.92 Å². The van der Waals surface area contributed by atoms with Crippen LogP contribution in [0.25, 0.3) is 0 Å². The van der Waals surface area contributed by atoms with Gasteiger partial charge in [-0.05, 0) is 37.0 Å². The van der Waals surface area contributed by atoms with Gasteiger partial charge in [-0.25, -0.2) is 10.2 Å². The van der Waals surface area contributed by atoms with Crippen LogP contribution in [0.1, 0.15) is 13.3 Å². The Morgan fingerprint density at radius 1 is 1.47 bits per heavy atom. The van der Waals surface area contributed by atoms with Crippen molar-refractivity contribution in [2.45, 2.75) is 18.7 Å². The van der Waals surface area contributed by atoms with E-state index >= 15 is 0 Å². The number of rotatable bonds is 2. The molecule has 0 saturated heterocycles. The van der Waals surface area contributed by atoms with E-state index in [-0.39, 0.29) is 0 Å². The van der Waals surface area contributed by atoms with E-state index < -0.39 is 6.03 Å². The molecular formula is C10H14ClN3O. The molecule has 0 aliphatic heterocycles. The van der Waals surface area contributed by atoms with E-state index in [2.05, 4.69) is 10.5 Å². The Labute approximate surface area is 93.2 Å². The fourth-order valence-electron chi connectivity index (χ4n) is 3.86. The van der Waals surface area contributed by atoms with Gasteiger partial charge in [0.05, 0.1) is 0 Å². The van der Waals surface area contributed by atoms with Gasteiger partial charge in [0.1, 0.15) is 0 Å². The molecule has 4 fully saturated rings. The number of hydrazone groups is 1. The standard InChI is InChI=1S/C10H14ClN3O/c1-3(13-14-10(12)15)6-5-2-4-7(6)8(4)9(5)11/h4-9H,2H2,1H3,(H3,12,14,15)/b13-3+. The molecule has 3 N–H and O–H groups in total. The zero-order valence-electron chi connectivity index (χ0n) is 8.48. The van der Waals surface area contributed by atoms with Crippen molar-refractivity contribution < 1.29 is 4.79 Å². The van der Waals surface area contributed by atoms with Gasteiger partial charge in [-0.3, -0.25) is 0 Å². The molecule has 4 nitrogen and oxygen atoms in total. The third-order valence-corrected chi connectivity index (χ3v) is 4.93. The Balaban J connectivity index is 1.75. The molecule has 4 aliphatic carbocycles. The second-order valence-electron chi connectivity index (χ2n) is 4.92. The monoisotopic (exact) mass is 227 g/mol. The van der Waals surface area contributed by atoms with Gasteiger partial charge < -0.3 is 5.73 Å². The highest BCUT2D eigenvalue weighted by Gasteiger charge is 2.73. The van der Waals surface area contributed by atoms with E-state index in [4.69, 9.17) is 17.3 Å². The SMILES string of the molecule is C/C(=N\NC(N)=O)C1C2CC3C(C2Cl)C31. The molecule has 0 heterocycles. The van der Waals surface area contributed by atoms with Gasteiger partial charge in [-0.1, -0.05) is 0 Å². The van der Waals surface area contributed by atoms with Gasteiger partial charge in [0.2, 0.25) is 0 Å². The maximum atomic E-state index is 10.5. The number of nitrogens with one attached hydrogen (secondary N) is 1. The van der Waals surface area contributed by atoms with Crippen LogP contribution in [0.2, 0.25) is 0 Å². The van der Waals surface area contributed by atoms with Crippen LogP contribution < -0.4 is 11.2 Å². The molecule has 0 radical (unpaired) electrons. The third-order valence-electron chi connectivity index (χ3n) is 4.31. The van der Waals surface area contributed by atoms with Crippen LogP contribution in [0.4, 0.5) is 4.79 Å². The second-order valence-corrected chi connectivity index (χ2v) is 5.42. The zero-order chi connectivity index (χ0) is 10.7. The summed E-state index contributed by atoms with van der Waals surface area (Å²) in [7, 11) is 0. The van der Waals surface area contributed by atoms with E-state index in [1.54, 1.807) is 0 Å². The number of carbonyl (C=O) groups is 1. The molecule has 0 aromatic heterocycles. The van der Waals surface area contributed by atoms with Gasteiger partial charge >= 0.3 is 6.03 Å². The zero-order valence-corrected chi connectivity index (χ0v) is 9.24. The van der Waals surface area contributed by atoms with Gasteiger partial charge in [0.15, 0.2) is 0 Å². The first kappa shape index (κ1) is 9.46. The smallest absolute Gasteiger partial charge is 0.332 e. The maximum Gasteiger partial charge on any atom is 0.332 e. The highest BCUT2D eigenvalue weighted by Crippen LogP contribution is 2.74. The lowest BCUT2D eigenvalue weighted by molar-refractivity contribution is 0.249. The number of primary amides is 1. The fraction of sp³-hybridized carbons (Fsp3) is 0.800. The van der Waals surface area contributed by atoms with Crippen LogP contribution in [0.15, 0.2) is 5.10 Å². The minimum absolute atomic E-state index is 0.337. The Morgan fingerprint density at radius 2 is 2.20 bits per heavy atom. The van der Waals surface area contributed by atoms with E-state index in [0.29, 0.717) is 17.2 Å². The molecule has 4 aliphatic rings. The number of hydrogen-bond donors (Lipinski definition) is 2. The Hall–Kier alpha value is -0.770. The van der Waals surface area contributed by atoms with Crippen molar-refractivity contribution in [2.75, 3.05) is 0 Å². The van der Waals surface area contributed by atoms with Gasteiger partial charge in [0, 0.05) is 17.0 Å². The third kappa shape index (κ3) is 1.14. The number of alkyl halides is 1. The van der Waals surface area contributed by atoms with Crippen molar-refractivity contribution in [2.24, 2.45) is 40.4 Å². The molecule has 0 spiro atoms. The minimum atomic E-state index is -0.602. The average Bonchev–Trinajstić information content (AvgIpc) is 2.52. The van der Waals surface area contributed by atoms with Crippen molar-refractivity contribution >= 4 is 23.3 Å². The van der Waals surface area contributed by atoms with Gasteiger partial charge in [-0.2, -0.15) is 5.10 Å². The molecule has 6 unspecified atom stereocenters. The van der Waals surface area contributed by atoms with E-state index in [9.17, 15) is 4.79 Å². The molecule has 0 aromatic carbocycles. The normalized spacial score (nSPS) is 50.7. The molecule has 0 aromatic rings.